The molecule has 0 aliphatic carbocycles. The highest BCUT2D eigenvalue weighted by Gasteiger charge is 2.18. The summed E-state index contributed by atoms with van der Waals surface area (Å²) in [5, 5.41) is 6.21. The van der Waals surface area contributed by atoms with Crippen LogP contribution in [0.5, 0.6) is 5.75 Å². The first-order valence-electron chi connectivity index (χ1n) is 8.45. The van der Waals surface area contributed by atoms with E-state index in [0.29, 0.717) is 25.6 Å². The fraction of sp³-hybridized carbons (Fsp3) is 0.556. The van der Waals surface area contributed by atoms with Crippen LogP contribution >= 0.6 is 0 Å². The van der Waals surface area contributed by atoms with Crippen molar-refractivity contribution in [1.82, 2.24) is 5.32 Å². The fourth-order valence-corrected chi connectivity index (χ4v) is 2.57. The molecule has 0 radical (unpaired) electrons. The van der Waals surface area contributed by atoms with Gasteiger partial charge in [-0.25, -0.2) is 0 Å². The molecule has 6 heteroatoms. The molecule has 24 heavy (non-hydrogen) atoms. The third kappa shape index (κ3) is 5.85. The molecule has 0 spiro atoms. The van der Waals surface area contributed by atoms with Gasteiger partial charge in [0, 0.05) is 37.1 Å². The van der Waals surface area contributed by atoms with E-state index in [1.807, 2.05) is 25.1 Å². The number of nitrogens with one attached hydrogen (secondary N) is 2. The second-order valence-corrected chi connectivity index (χ2v) is 6.14. The maximum atomic E-state index is 11.4. The third-order valence-corrected chi connectivity index (χ3v) is 3.83. The average Bonchev–Trinajstić information content (AvgIpc) is 2.55. The molecule has 2 rings (SSSR count). The first-order chi connectivity index (χ1) is 11.6. The molecule has 1 aromatic carbocycles. The van der Waals surface area contributed by atoms with Crippen molar-refractivity contribution < 1.29 is 19.1 Å². The zero-order valence-electron chi connectivity index (χ0n) is 14.4. The molecule has 132 valence electrons. The number of carbonyl (C=O) groups is 2. The first kappa shape index (κ1) is 18.3. The van der Waals surface area contributed by atoms with Gasteiger partial charge in [-0.3, -0.25) is 9.59 Å². The van der Waals surface area contributed by atoms with Crippen LogP contribution in [0, 0.1) is 5.92 Å². The Balaban J connectivity index is 1.64. The SMILES string of the molecule is CC(=O)OCC(C)CNCCCOc1cccc2c1CCC(=O)N2. The summed E-state index contributed by atoms with van der Waals surface area (Å²) in [4.78, 5) is 22.2. The molecule has 1 aromatic rings. The number of amides is 1. The Bertz CT molecular complexity index is 574. The summed E-state index contributed by atoms with van der Waals surface area (Å²) in [6.07, 6.45) is 2.12. The lowest BCUT2D eigenvalue weighted by Gasteiger charge is -2.20. The minimum Gasteiger partial charge on any atom is -0.493 e. The smallest absolute Gasteiger partial charge is 0.302 e. The molecule has 1 unspecified atom stereocenters. The summed E-state index contributed by atoms with van der Waals surface area (Å²) in [6.45, 7) is 6.18. The largest absolute Gasteiger partial charge is 0.493 e. The van der Waals surface area contributed by atoms with E-state index in [0.717, 1.165) is 42.9 Å². The van der Waals surface area contributed by atoms with Gasteiger partial charge < -0.3 is 20.1 Å². The van der Waals surface area contributed by atoms with E-state index < -0.39 is 0 Å². The third-order valence-electron chi connectivity index (χ3n) is 3.83. The van der Waals surface area contributed by atoms with E-state index in [9.17, 15) is 9.59 Å². The van der Waals surface area contributed by atoms with Gasteiger partial charge in [0.05, 0.1) is 13.2 Å². The Kier molecular flexibility index (Phi) is 7.06. The van der Waals surface area contributed by atoms with E-state index in [-0.39, 0.29) is 11.9 Å². The molecule has 0 aromatic heterocycles. The number of fused-ring (bicyclic) bond motifs is 1. The van der Waals surface area contributed by atoms with Crippen LogP contribution < -0.4 is 15.4 Å². The quantitative estimate of drug-likeness (QED) is 0.534. The number of benzene rings is 1. The van der Waals surface area contributed by atoms with Gasteiger partial charge in [-0.1, -0.05) is 13.0 Å². The minimum absolute atomic E-state index is 0.0618. The van der Waals surface area contributed by atoms with E-state index in [2.05, 4.69) is 10.6 Å². The highest BCUT2D eigenvalue weighted by molar-refractivity contribution is 5.94. The van der Waals surface area contributed by atoms with Gasteiger partial charge in [0.1, 0.15) is 5.75 Å². The lowest BCUT2D eigenvalue weighted by Crippen LogP contribution is -2.26. The molecule has 1 aliphatic heterocycles. The second-order valence-electron chi connectivity index (χ2n) is 6.14. The van der Waals surface area contributed by atoms with E-state index in [1.54, 1.807) is 0 Å². The van der Waals surface area contributed by atoms with Gasteiger partial charge in [-0.15, -0.1) is 0 Å². The average molecular weight is 334 g/mol. The molecular weight excluding hydrogens is 308 g/mol. The molecule has 0 fully saturated rings. The molecule has 2 N–H and O–H groups in total. The first-order valence-corrected chi connectivity index (χ1v) is 8.45. The van der Waals surface area contributed by atoms with Crippen molar-refractivity contribution in [2.75, 3.05) is 31.6 Å². The Morgan fingerprint density at radius 3 is 3.00 bits per heavy atom. The van der Waals surface area contributed by atoms with Crippen molar-refractivity contribution in [3.63, 3.8) is 0 Å². The maximum Gasteiger partial charge on any atom is 0.302 e. The van der Waals surface area contributed by atoms with Crippen molar-refractivity contribution in [2.24, 2.45) is 5.92 Å². The van der Waals surface area contributed by atoms with Gasteiger partial charge in [0.2, 0.25) is 5.91 Å². The summed E-state index contributed by atoms with van der Waals surface area (Å²) >= 11 is 0. The number of carbonyl (C=O) groups excluding carboxylic acids is 2. The molecular formula is C18H26N2O4. The van der Waals surface area contributed by atoms with Gasteiger partial charge in [0.25, 0.3) is 0 Å². The standard InChI is InChI=1S/C18H26N2O4/c1-13(12-24-14(2)21)11-19-9-4-10-23-17-6-3-5-16-15(17)7-8-18(22)20-16/h3,5-6,13,19H,4,7-12H2,1-2H3,(H,20,22). The van der Waals surface area contributed by atoms with Crippen LogP contribution in [0.1, 0.15) is 32.3 Å². The summed E-state index contributed by atoms with van der Waals surface area (Å²) < 4.78 is 10.8. The molecule has 6 nitrogen and oxygen atoms in total. The molecule has 1 atom stereocenters. The number of hydrogen-bond donors (Lipinski definition) is 2. The zero-order valence-corrected chi connectivity index (χ0v) is 14.4. The molecule has 1 heterocycles. The lowest BCUT2D eigenvalue weighted by atomic mass is 10.0. The monoisotopic (exact) mass is 334 g/mol. The highest BCUT2D eigenvalue weighted by atomic mass is 16.5. The van der Waals surface area contributed by atoms with E-state index in [1.165, 1.54) is 6.92 Å². The van der Waals surface area contributed by atoms with Crippen molar-refractivity contribution in [1.29, 1.82) is 0 Å². The van der Waals surface area contributed by atoms with E-state index >= 15 is 0 Å². The van der Waals surface area contributed by atoms with Gasteiger partial charge in [0.15, 0.2) is 0 Å². The minimum atomic E-state index is -0.238. The van der Waals surface area contributed by atoms with Crippen LogP contribution in [0.4, 0.5) is 5.69 Å². The van der Waals surface area contributed by atoms with Crippen molar-refractivity contribution in [3.8, 4) is 5.75 Å². The summed E-state index contributed by atoms with van der Waals surface area (Å²) in [6, 6.07) is 5.75. The van der Waals surface area contributed by atoms with Crippen LogP contribution in [-0.4, -0.2) is 38.2 Å². The van der Waals surface area contributed by atoms with Gasteiger partial charge in [-0.05, 0) is 31.5 Å². The lowest BCUT2D eigenvalue weighted by molar-refractivity contribution is -0.142. The second kappa shape index (κ2) is 9.27. The van der Waals surface area contributed by atoms with Gasteiger partial charge in [-0.2, -0.15) is 0 Å². The fourth-order valence-electron chi connectivity index (χ4n) is 2.57. The van der Waals surface area contributed by atoms with E-state index in [4.69, 9.17) is 9.47 Å². The van der Waals surface area contributed by atoms with Crippen LogP contribution in [0.2, 0.25) is 0 Å². The van der Waals surface area contributed by atoms with Crippen molar-refractivity contribution >= 4 is 17.6 Å². The molecule has 0 saturated carbocycles. The molecule has 1 aliphatic rings. The highest BCUT2D eigenvalue weighted by Crippen LogP contribution is 2.30. The molecule has 0 saturated heterocycles. The molecule has 1 amide bonds. The van der Waals surface area contributed by atoms with Crippen LogP contribution in [-0.2, 0) is 20.7 Å². The Labute approximate surface area is 142 Å². The summed E-state index contributed by atoms with van der Waals surface area (Å²) in [5.41, 5.74) is 1.95. The Hall–Kier alpha value is -2.08. The van der Waals surface area contributed by atoms with Crippen LogP contribution in [0.3, 0.4) is 0 Å². The zero-order chi connectivity index (χ0) is 17.4. The van der Waals surface area contributed by atoms with Crippen molar-refractivity contribution in [3.05, 3.63) is 23.8 Å². The topological polar surface area (TPSA) is 76.7 Å². The summed E-state index contributed by atoms with van der Waals surface area (Å²) in [5.74, 6) is 0.972. The van der Waals surface area contributed by atoms with Crippen LogP contribution in [0.15, 0.2) is 18.2 Å². The number of rotatable bonds is 9. The summed E-state index contributed by atoms with van der Waals surface area (Å²) in [7, 11) is 0. The predicted octanol–water partition coefficient (Wildman–Crippen LogP) is 2.13. The number of hydrogen-bond acceptors (Lipinski definition) is 5. The Morgan fingerprint density at radius 1 is 1.38 bits per heavy atom. The van der Waals surface area contributed by atoms with Gasteiger partial charge >= 0.3 is 5.97 Å². The Morgan fingerprint density at radius 2 is 2.21 bits per heavy atom. The molecule has 0 bridgehead atoms. The number of anilines is 1. The predicted molar refractivity (Wildman–Crippen MR) is 92.2 cm³/mol. The maximum absolute atomic E-state index is 11.4. The van der Waals surface area contributed by atoms with Crippen molar-refractivity contribution in [2.45, 2.75) is 33.1 Å². The number of ether oxygens (including phenoxy) is 2. The van der Waals surface area contributed by atoms with Crippen LogP contribution in [0.25, 0.3) is 0 Å². The normalized spacial score (nSPS) is 14.5. The number of esters is 1.